The number of esters is 1. The van der Waals surface area contributed by atoms with Gasteiger partial charge in [-0.1, -0.05) is 11.6 Å². The number of nitrogens with zero attached hydrogens (tertiary/aromatic N) is 2. The maximum absolute atomic E-state index is 11.5. The van der Waals surface area contributed by atoms with Gasteiger partial charge in [0.15, 0.2) is 0 Å². The van der Waals surface area contributed by atoms with Crippen molar-refractivity contribution in [3.05, 3.63) is 33.8 Å². The number of carbonyl (C=O) groups is 1. The Morgan fingerprint density at radius 2 is 2.24 bits per heavy atom. The zero-order valence-electron chi connectivity index (χ0n) is 9.23. The van der Waals surface area contributed by atoms with E-state index >= 15 is 0 Å². The molecule has 4 nitrogen and oxygen atoms in total. The van der Waals surface area contributed by atoms with Gasteiger partial charge in [0.25, 0.3) is 0 Å². The van der Waals surface area contributed by atoms with Crippen molar-refractivity contribution in [3.63, 3.8) is 0 Å². The van der Waals surface area contributed by atoms with Crippen molar-refractivity contribution < 1.29 is 9.53 Å². The van der Waals surface area contributed by atoms with Gasteiger partial charge < -0.3 is 4.74 Å². The number of methoxy groups -OCH3 is 1. The molecule has 0 bridgehead atoms. The van der Waals surface area contributed by atoms with Crippen LogP contribution in [0.25, 0.3) is 11.4 Å². The monoisotopic (exact) mass is 268 g/mol. The van der Waals surface area contributed by atoms with Crippen molar-refractivity contribution in [2.24, 2.45) is 0 Å². The average Bonchev–Trinajstić information content (AvgIpc) is 2.71. The zero-order chi connectivity index (χ0) is 12.4. The number of rotatable bonds is 2. The summed E-state index contributed by atoms with van der Waals surface area (Å²) in [4.78, 5) is 16.1. The maximum atomic E-state index is 11.5. The second-order valence-corrected chi connectivity index (χ2v) is 4.49. The molecular weight excluding hydrogens is 260 g/mol. The first-order valence-corrected chi connectivity index (χ1v) is 5.95. The molecule has 0 atom stereocenters. The Bertz CT molecular complexity index is 568. The molecule has 0 saturated carbocycles. The average molecular weight is 269 g/mol. The first-order valence-electron chi connectivity index (χ1n) is 4.80. The van der Waals surface area contributed by atoms with Gasteiger partial charge in [-0.3, -0.25) is 4.98 Å². The third kappa shape index (κ3) is 2.16. The van der Waals surface area contributed by atoms with Gasteiger partial charge in [-0.05, 0) is 30.6 Å². The highest BCUT2D eigenvalue weighted by Crippen LogP contribution is 2.30. The van der Waals surface area contributed by atoms with E-state index in [1.165, 1.54) is 7.11 Å². The van der Waals surface area contributed by atoms with E-state index in [0.717, 1.165) is 17.1 Å². The number of hydrogen-bond acceptors (Lipinski definition) is 5. The molecule has 0 radical (unpaired) electrons. The molecule has 0 spiro atoms. The van der Waals surface area contributed by atoms with E-state index in [0.29, 0.717) is 21.3 Å². The van der Waals surface area contributed by atoms with E-state index in [-0.39, 0.29) is 0 Å². The number of ether oxygens (including phenoxy) is 1. The molecule has 88 valence electrons. The number of hydrogen-bond donors (Lipinski definition) is 0. The van der Waals surface area contributed by atoms with Crippen LogP contribution in [0, 0.1) is 6.92 Å². The predicted molar refractivity (Wildman–Crippen MR) is 66.4 cm³/mol. The van der Waals surface area contributed by atoms with Gasteiger partial charge >= 0.3 is 5.97 Å². The van der Waals surface area contributed by atoms with Gasteiger partial charge in [0.2, 0.25) is 0 Å². The molecule has 17 heavy (non-hydrogen) atoms. The van der Waals surface area contributed by atoms with Crippen LogP contribution in [0.4, 0.5) is 0 Å². The van der Waals surface area contributed by atoms with Crippen molar-refractivity contribution in [2.45, 2.75) is 6.92 Å². The molecule has 0 saturated heterocycles. The van der Waals surface area contributed by atoms with Gasteiger partial charge in [-0.15, -0.1) is 0 Å². The first kappa shape index (κ1) is 12.0. The zero-order valence-corrected chi connectivity index (χ0v) is 10.8. The van der Waals surface area contributed by atoms with Crippen LogP contribution in [-0.4, -0.2) is 22.4 Å². The van der Waals surface area contributed by atoms with Gasteiger partial charge in [-0.2, -0.15) is 4.37 Å². The lowest BCUT2D eigenvalue weighted by atomic mass is 10.1. The fourth-order valence-corrected chi connectivity index (χ4v) is 2.41. The summed E-state index contributed by atoms with van der Waals surface area (Å²) in [5.41, 5.74) is 1.95. The Kier molecular flexibility index (Phi) is 3.40. The molecule has 0 unspecified atom stereocenters. The number of aromatic nitrogens is 2. The summed E-state index contributed by atoms with van der Waals surface area (Å²) in [7, 11) is 1.34. The summed E-state index contributed by atoms with van der Waals surface area (Å²) < 4.78 is 8.88. The number of halogens is 1. The Balaban J connectivity index is 2.52. The molecule has 0 aliphatic heterocycles. The summed E-state index contributed by atoms with van der Waals surface area (Å²) >= 11 is 7.13. The molecule has 0 aromatic carbocycles. The van der Waals surface area contributed by atoms with Crippen molar-refractivity contribution in [1.82, 2.24) is 9.36 Å². The standard InChI is InChI=1S/C11H9ClN2O2S/c1-6-8(9-7(12)4-3-5-13-9)14-17-10(6)11(15)16-2/h3-5H,1-2H3. The Labute approximate surface area is 107 Å². The molecule has 0 amide bonds. The molecule has 2 rings (SSSR count). The minimum absolute atomic E-state index is 0.390. The molecule has 0 N–H and O–H groups in total. The predicted octanol–water partition coefficient (Wildman–Crippen LogP) is 2.95. The summed E-state index contributed by atoms with van der Waals surface area (Å²) in [5.74, 6) is -0.390. The molecule has 2 aromatic rings. The molecule has 0 aliphatic rings. The highest BCUT2D eigenvalue weighted by Gasteiger charge is 2.19. The molecule has 0 fully saturated rings. The van der Waals surface area contributed by atoms with Crippen molar-refractivity contribution in [2.75, 3.05) is 7.11 Å². The normalized spacial score (nSPS) is 10.3. The Morgan fingerprint density at radius 3 is 2.88 bits per heavy atom. The van der Waals surface area contributed by atoms with Gasteiger partial charge in [-0.25, -0.2) is 4.79 Å². The highest BCUT2D eigenvalue weighted by atomic mass is 35.5. The van der Waals surface area contributed by atoms with E-state index in [4.69, 9.17) is 11.6 Å². The lowest BCUT2D eigenvalue weighted by Gasteiger charge is -2.01. The quantitative estimate of drug-likeness (QED) is 0.786. The number of carbonyl (C=O) groups excluding carboxylic acids is 1. The summed E-state index contributed by atoms with van der Waals surface area (Å²) in [5, 5.41) is 0.511. The van der Waals surface area contributed by atoms with Gasteiger partial charge in [0.1, 0.15) is 16.3 Å². The van der Waals surface area contributed by atoms with Crippen LogP contribution in [0.3, 0.4) is 0 Å². The minimum Gasteiger partial charge on any atom is -0.465 e. The summed E-state index contributed by atoms with van der Waals surface area (Å²) in [6.07, 6.45) is 1.64. The van der Waals surface area contributed by atoms with Crippen LogP contribution in [0.2, 0.25) is 5.02 Å². The fourth-order valence-electron chi connectivity index (χ4n) is 1.40. The molecule has 2 heterocycles. The molecule has 6 heteroatoms. The second kappa shape index (κ2) is 4.81. The van der Waals surface area contributed by atoms with Crippen LogP contribution in [0.15, 0.2) is 18.3 Å². The van der Waals surface area contributed by atoms with Crippen LogP contribution < -0.4 is 0 Å². The van der Waals surface area contributed by atoms with Crippen molar-refractivity contribution in [1.29, 1.82) is 0 Å². The second-order valence-electron chi connectivity index (χ2n) is 3.31. The summed E-state index contributed by atoms with van der Waals surface area (Å²) in [6, 6.07) is 3.48. The first-order chi connectivity index (χ1) is 8.15. The highest BCUT2D eigenvalue weighted by molar-refractivity contribution is 7.08. The molecule has 2 aromatic heterocycles. The maximum Gasteiger partial charge on any atom is 0.349 e. The molecular formula is C11H9ClN2O2S. The van der Waals surface area contributed by atoms with Crippen LogP contribution in [0.1, 0.15) is 15.2 Å². The van der Waals surface area contributed by atoms with E-state index in [2.05, 4.69) is 14.1 Å². The van der Waals surface area contributed by atoms with E-state index < -0.39 is 5.97 Å². The summed E-state index contributed by atoms with van der Waals surface area (Å²) in [6.45, 7) is 1.80. The van der Waals surface area contributed by atoms with Crippen LogP contribution in [-0.2, 0) is 4.74 Å². The molecule has 0 aliphatic carbocycles. The topological polar surface area (TPSA) is 52.1 Å². The Hall–Kier alpha value is -1.46. The van der Waals surface area contributed by atoms with E-state index in [1.54, 1.807) is 25.3 Å². The minimum atomic E-state index is -0.390. The van der Waals surface area contributed by atoms with Crippen molar-refractivity contribution >= 4 is 29.1 Å². The SMILES string of the molecule is COC(=O)c1snc(-c2ncccc2Cl)c1C. The van der Waals surface area contributed by atoms with Crippen LogP contribution >= 0.6 is 23.1 Å². The lowest BCUT2D eigenvalue weighted by Crippen LogP contribution is -2.00. The van der Waals surface area contributed by atoms with Crippen LogP contribution in [0.5, 0.6) is 0 Å². The van der Waals surface area contributed by atoms with E-state index in [9.17, 15) is 4.79 Å². The largest absolute Gasteiger partial charge is 0.465 e. The third-order valence-corrected chi connectivity index (χ3v) is 3.51. The van der Waals surface area contributed by atoms with Gasteiger partial charge in [0, 0.05) is 11.8 Å². The Morgan fingerprint density at radius 1 is 1.47 bits per heavy atom. The van der Waals surface area contributed by atoms with Gasteiger partial charge in [0.05, 0.1) is 12.1 Å². The lowest BCUT2D eigenvalue weighted by molar-refractivity contribution is 0.0605. The van der Waals surface area contributed by atoms with E-state index in [1.807, 2.05) is 0 Å². The smallest absolute Gasteiger partial charge is 0.349 e. The third-order valence-electron chi connectivity index (χ3n) is 2.28. The number of pyridine rings is 1. The fraction of sp³-hybridized carbons (Fsp3) is 0.182. The van der Waals surface area contributed by atoms with Crippen molar-refractivity contribution in [3.8, 4) is 11.4 Å².